The molecule has 0 spiro atoms. The van der Waals surface area contributed by atoms with Gasteiger partial charge in [-0.1, -0.05) is 13.8 Å². The van der Waals surface area contributed by atoms with E-state index in [0.717, 1.165) is 0 Å². The maximum absolute atomic E-state index is 12.0. The van der Waals surface area contributed by atoms with Gasteiger partial charge in [0.05, 0.1) is 13.2 Å². The number of carbonyl (C=O) groups is 3. The van der Waals surface area contributed by atoms with Gasteiger partial charge in [0.25, 0.3) is 0 Å². The van der Waals surface area contributed by atoms with Crippen molar-refractivity contribution in [1.82, 2.24) is 0 Å². The second-order valence-corrected chi connectivity index (χ2v) is 5.18. The molecule has 0 N–H and O–H groups in total. The molecular formula is C13H20O5. The Morgan fingerprint density at radius 1 is 1.11 bits per heavy atom. The van der Waals surface area contributed by atoms with E-state index in [4.69, 9.17) is 9.47 Å². The number of Topliss-reactive ketones (excluding diaryl/α,β-unsaturated/α-hetero) is 1. The van der Waals surface area contributed by atoms with Crippen LogP contribution in [0.3, 0.4) is 0 Å². The number of ketones is 1. The smallest absolute Gasteiger partial charge is 0.323 e. The summed E-state index contributed by atoms with van der Waals surface area (Å²) in [6.07, 6.45) is 0.0220. The first kappa shape index (κ1) is 14.7. The van der Waals surface area contributed by atoms with Gasteiger partial charge in [-0.15, -0.1) is 0 Å². The average Bonchev–Trinajstić information content (AvgIpc) is 2.52. The lowest BCUT2D eigenvalue weighted by Gasteiger charge is -2.25. The van der Waals surface area contributed by atoms with Crippen molar-refractivity contribution in [2.24, 2.45) is 10.8 Å². The molecule has 102 valence electrons. The minimum atomic E-state index is -1.45. The molecule has 0 aromatic heterocycles. The number of esters is 2. The Hall–Kier alpha value is -1.39. The molecule has 0 atom stereocenters. The Balaban J connectivity index is 3.09. The predicted octanol–water partition coefficient (Wildman–Crippen LogP) is 1.49. The van der Waals surface area contributed by atoms with Crippen molar-refractivity contribution in [2.45, 2.75) is 40.5 Å². The molecule has 5 nitrogen and oxygen atoms in total. The maximum Gasteiger partial charge on any atom is 0.323 e. The molecule has 0 aromatic carbocycles. The summed E-state index contributed by atoms with van der Waals surface area (Å²) in [5.74, 6) is -1.41. The lowest BCUT2D eigenvalue weighted by atomic mass is 9.81. The average molecular weight is 256 g/mol. The van der Waals surface area contributed by atoms with Gasteiger partial charge in [0.1, 0.15) is 5.78 Å². The summed E-state index contributed by atoms with van der Waals surface area (Å²) >= 11 is 0. The fourth-order valence-corrected chi connectivity index (χ4v) is 2.34. The Bertz CT molecular complexity index is 352. The quantitative estimate of drug-likeness (QED) is 0.563. The van der Waals surface area contributed by atoms with Crippen molar-refractivity contribution >= 4 is 17.7 Å². The van der Waals surface area contributed by atoms with E-state index in [9.17, 15) is 14.4 Å². The topological polar surface area (TPSA) is 69.7 Å². The van der Waals surface area contributed by atoms with E-state index < -0.39 is 22.8 Å². The van der Waals surface area contributed by atoms with Gasteiger partial charge in [-0.3, -0.25) is 14.4 Å². The largest absolute Gasteiger partial charge is 0.465 e. The van der Waals surface area contributed by atoms with Crippen LogP contribution in [0.25, 0.3) is 0 Å². The van der Waals surface area contributed by atoms with Crippen molar-refractivity contribution in [3.8, 4) is 0 Å². The van der Waals surface area contributed by atoms with Crippen LogP contribution in [0.2, 0.25) is 0 Å². The van der Waals surface area contributed by atoms with Gasteiger partial charge in [0.2, 0.25) is 0 Å². The standard InChI is InChI=1S/C13H20O5/c1-5-17-10(15)13(11(16)18-6-2)7-9(14)12(3,4)8-13/h5-8H2,1-4H3. The fourth-order valence-electron chi connectivity index (χ4n) is 2.34. The Kier molecular flexibility index (Phi) is 4.14. The number of rotatable bonds is 4. The van der Waals surface area contributed by atoms with Crippen LogP contribution in [0.4, 0.5) is 0 Å². The predicted molar refractivity (Wildman–Crippen MR) is 63.7 cm³/mol. The van der Waals surface area contributed by atoms with E-state index >= 15 is 0 Å². The van der Waals surface area contributed by atoms with Crippen LogP contribution in [0.1, 0.15) is 40.5 Å². The van der Waals surface area contributed by atoms with Crippen LogP contribution < -0.4 is 0 Å². The third-order valence-electron chi connectivity index (χ3n) is 3.29. The van der Waals surface area contributed by atoms with E-state index in [1.807, 2.05) is 0 Å². The molecule has 0 saturated heterocycles. The van der Waals surface area contributed by atoms with Gasteiger partial charge >= 0.3 is 11.9 Å². The minimum absolute atomic E-state index is 0.108. The third kappa shape index (κ3) is 2.40. The summed E-state index contributed by atoms with van der Waals surface area (Å²) in [7, 11) is 0. The highest BCUT2D eigenvalue weighted by molar-refractivity contribution is 6.07. The molecule has 1 rings (SSSR count). The molecule has 1 aliphatic carbocycles. The number of ether oxygens (including phenoxy) is 2. The van der Waals surface area contributed by atoms with Crippen LogP contribution >= 0.6 is 0 Å². The van der Waals surface area contributed by atoms with E-state index in [1.165, 1.54) is 0 Å². The highest BCUT2D eigenvalue weighted by atomic mass is 16.6. The molecule has 0 aliphatic heterocycles. The third-order valence-corrected chi connectivity index (χ3v) is 3.29. The van der Waals surface area contributed by atoms with Crippen LogP contribution in [-0.2, 0) is 23.9 Å². The molecular weight excluding hydrogens is 236 g/mol. The van der Waals surface area contributed by atoms with Crippen molar-refractivity contribution < 1.29 is 23.9 Å². The molecule has 0 unspecified atom stereocenters. The Labute approximate surface area is 107 Å². The van der Waals surface area contributed by atoms with E-state index in [1.54, 1.807) is 27.7 Å². The van der Waals surface area contributed by atoms with Crippen LogP contribution in [-0.4, -0.2) is 30.9 Å². The second-order valence-electron chi connectivity index (χ2n) is 5.18. The van der Waals surface area contributed by atoms with Gasteiger partial charge in [0, 0.05) is 11.8 Å². The van der Waals surface area contributed by atoms with Crippen molar-refractivity contribution in [2.75, 3.05) is 13.2 Å². The number of carbonyl (C=O) groups excluding carboxylic acids is 3. The van der Waals surface area contributed by atoms with Gasteiger partial charge in [-0.2, -0.15) is 0 Å². The van der Waals surface area contributed by atoms with Gasteiger partial charge in [0.15, 0.2) is 5.41 Å². The highest BCUT2D eigenvalue weighted by Crippen LogP contribution is 2.48. The Morgan fingerprint density at radius 2 is 1.56 bits per heavy atom. The summed E-state index contributed by atoms with van der Waals surface area (Å²) < 4.78 is 9.89. The zero-order valence-electron chi connectivity index (χ0n) is 11.4. The minimum Gasteiger partial charge on any atom is -0.465 e. The van der Waals surface area contributed by atoms with E-state index in [2.05, 4.69) is 0 Å². The van der Waals surface area contributed by atoms with Crippen molar-refractivity contribution in [1.29, 1.82) is 0 Å². The molecule has 18 heavy (non-hydrogen) atoms. The Morgan fingerprint density at radius 3 is 1.83 bits per heavy atom. The van der Waals surface area contributed by atoms with Gasteiger partial charge in [-0.05, 0) is 20.3 Å². The molecule has 0 radical (unpaired) electrons. The zero-order valence-corrected chi connectivity index (χ0v) is 11.4. The summed E-state index contributed by atoms with van der Waals surface area (Å²) in [6.45, 7) is 7.14. The summed E-state index contributed by atoms with van der Waals surface area (Å²) in [5.41, 5.74) is -2.15. The normalized spacial score (nSPS) is 20.6. The molecule has 0 bridgehead atoms. The second kappa shape index (κ2) is 5.08. The van der Waals surface area contributed by atoms with E-state index in [-0.39, 0.29) is 31.8 Å². The summed E-state index contributed by atoms with van der Waals surface area (Å²) in [4.78, 5) is 36.0. The van der Waals surface area contributed by atoms with Crippen LogP contribution in [0.15, 0.2) is 0 Å². The van der Waals surface area contributed by atoms with Gasteiger partial charge < -0.3 is 9.47 Å². The fraction of sp³-hybridized carbons (Fsp3) is 0.769. The molecule has 1 fully saturated rings. The van der Waals surface area contributed by atoms with Crippen molar-refractivity contribution in [3.05, 3.63) is 0 Å². The van der Waals surface area contributed by atoms with E-state index in [0.29, 0.717) is 0 Å². The molecule has 0 aromatic rings. The number of hydrogen-bond acceptors (Lipinski definition) is 5. The molecule has 1 saturated carbocycles. The number of hydrogen-bond donors (Lipinski definition) is 0. The summed E-state index contributed by atoms with van der Waals surface area (Å²) in [6, 6.07) is 0. The first-order valence-electron chi connectivity index (χ1n) is 6.18. The molecule has 1 aliphatic rings. The first-order chi connectivity index (χ1) is 8.30. The van der Waals surface area contributed by atoms with Crippen molar-refractivity contribution in [3.63, 3.8) is 0 Å². The van der Waals surface area contributed by atoms with Crippen LogP contribution in [0, 0.1) is 10.8 Å². The lowest BCUT2D eigenvalue weighted by molar-refractivity contribution is -0.172. The SMILES string of the molecule is CCOC(=O)C1(C(=O)OCC)CC(=O)C(C)(C)C1. The van der Waals surface area contributed by atoms with Crippen LogP contribution in [0.5, 0.6) is 0 Å². The maximum atomic E-state index is 12.0. The highest BCUT2D eigenvalue weighted by Gasteiger charge is 2.60. The molecule has 0 heterocycles. The lowest BCUT2D eigenvalue weighted by Crippen LogP contribution is -2.40. The summed E-state index contributed by atoms with van der Waals surface area (Å²) in [5, 5.41) is 0. The van der Waals surface area contributed by atoms with Gasteiger partial charge in [-0.25, -0.2) is 0 Å². The zero-order chi connectivity index (χ0) is 14.0. The first-order valence-corrected chi connectivity index (χ1v) is 6.18. The molecule has 0 amide bonds. The molecule has 5 heteroatoms. The monoisotopic (exact) mass is 256 g/mol.